The number of likely N-dealkylation sites (tertiary alicyclic amines) is 1. The number of halogens is 1. The van der Waals surface area contributed by atoms with E-state index in [0.717, 1.165) is 5.56 Å². The van der Waals surface area contributed by atoms with Gasteiger partial charge in [-0.3, -0.25) is 4.79 Å². The maximum Gasteiger partial charge on any atom is 0.263 e. The first-order chi connectivity index (χ1) is 11.5. The fourth-order valence-corrected chi connectivity index (χ4v) is 3.09. The predicted molar refractivity (Wildman–Crippen MR) is 90.2 cm³/mol. The largest absolute Gasteiger partial charge is 0.481 e. The molecule has 1 saturated heterocycles. The minimum Gasteiger partial charge on any atom is -0.481 e. The first kappa shape index (κ1) is 16.5. The third-order valence-corrected chi connectivity index (χ3v) is 4.38. The molecule has 1 amide bonds. The van der Waals surface area contributed by atoms with Crippen molar-refractivity contribution in [2.75, 3.05) is 13.1 Å². The number of hydrogen-bond acceptors (Lipinski definition) is 3. The molecule has 0 radical (unpaired) electrons. The molecule has 0 aromatic heterocycles. The number of benzene rings is 2. The Balaban J connectivity index is 1.64. The normalized spacial score (nSPS) is 21.5. The second-order valence-electron chi connectivity index (χ2n) is 6.14. The van der Waals surface area contributed by atoms with E-state index in [1.165, 1.54) is 24.3 Å². The molecule has 126 valence electrons. The summed E-state index contributed by atoms with van der Waals surface area (Å²) in [6, 6.07) is 15.6. The lowest BCUT2D eigenvalue weighted by Gasteiger charge is -2.21. The summed E-state index contributed by atoms with van der Waals surface area (Å²) in [7, 11) is 0. The fraction of sp³-hybridized carbons (Fsp3) is 0.316. The average molecular weight is 328 g/mol. The van der Waals surface area contributed by atoms with E-state index in [2.05, 4.69) is 0 Å². The summed E-state index contributed by atoms with van der Waals surface area (Å²) < 4.78 is 18.6. The summed E-state index contributed by atoms with van der Waals surface area (Å²) in [5.41, 5.74) is 7.38. The van der Waals surface area contributed by atoms with Crippen molar-refractivity contribution in [1.82, 2.24) is 4.90 Å². The molecule has 1 aliphatic heterocycles. The summed E-state index contributed by atoms with van der Waals surface area (Å²) in [4.78, 5) is 14.4. The smallest absolute Gasteiger partial charge is 0.263 e. The molecule has 5 heteroatoms. The van der Waals surface area contributed by atoms with Crippen molar-refractivity contribution in [2.24, 2.45) is 5.73 Å². The van der Waals surface area contributed by atoms with E-state index in [1.54, 1.807) is 11.8 Å². The molecule has 0 spiro atoms. The number of carbonyl (C=O) groups excluding carboxylic acids is 1. The molecule has 2 N–H and O–H groups in total. The zero-order valence-corrected chi connectivity index (χ0v) is 13.6. The first-order valence-corrected chi connectivity index (χ1v) is 8.06. The van der Waals surface area contributed by atoms with E-state index >= 15 is 0 Å². The van der Waals surface area contributed by atoms with Crippen molar-refractivity contribution < 1.29 is 13.9 Å². The van der Waals surface area contributed by atoms with Gasteiger partial charge in [0.15, 0.2) is 6.10 Å². The van der Waals surface area contributed by atoms with Crippen LogP contribution in [0.4, 0.5) is 4.39 Å². The van der Waals surface area contributed by atoms with Crippen LogP contribution in [-0.2, 0) is 4.79 Å². The van der Waals surface area contributed by atoms with Gasteiger partial charge in [0.1, 0.15) is 11.6 Å². The Hall–Kier alpha value is -2.40. The van der Waals surface area contributed by atoms with Crippen LogP contribution < -0.4 is 10.5 Å². The number of amides is 1. The number of nitrogens with two attached hydrogens (primary N) is 1. The van der Waals surface area contributed by atoms with Gasteiger partial charge in [-0.1, -0.05) is 30.3 Å². The summed E-state index contributed by atoms with van der Waals surface area (Å²) in [6.07, 6.45) is -0.641. The van der Waals surface area contributed by atoms with Gasteiger partial charge in [0.2, 0.25) is 0 Å². The number of ether oxygens (including phenoxy) is 1. The maximum atomic E-state index is 12.9. The SMILES string of the molecule is CC(Oc1ccc(F)cc1)C(=O)N1C[C@@H](N)[C@H](c2ccccc2)C1. The molecule has 3 atom stereocenters. The standard InChI is InChI=1S/C19H21FN2O2/c1-13(24-16-9-7-15(20)8-10-16)19(23)22-11-17(18(21)12-22)14-5-3-2-4-6-14/h2-10,13,17-18H,11-12,21H2,1H3/t13?,17-,18+/m0/s1. The van der Waals surface area contributed by atoms with Crippen molar-refractivity contribution in [3.8, 4) is 5.75 Å². The Labute approximate surface area is 141 Å². The highest BCUT2D eigenvalue weighted by Crippen LogP contribution is 2.27. The van der Waals surface area contributed by atoms with E-state index in [4.69, 9.17) is 10.5 Å². The highest BCUT2D eigenvalue weighted by atomic mass is 19.1. The van der Waals surface area contributed by atoms with Crippen LogP contribution in [0.15, 0.2) is 54.6 Å². The summed E-state index contributed by atoms with van der Waals surface area (Å²) in [5, 5.41) is 0. The zero-order valence-electron chi connectivity index (χ0n) is 13.6. The van der Waals surface area contributed by atoms with Gasteiger partial charge in [0.05, 0.1) is 0 Å². The summed E-state index contributed by atoms with van der Waals surface area (Å²) in [6.45, 7) is 2.80. The number of rotatable bonds is 4. The van der Waals surface area contributed by atoms with Gasteiger partial charge in [-0.25, -0.2) is 4.39 Å². The van der Waals surface area contributed by atoms with Crippen LogP contribution in [0, 0.1) is 5.82 Å². The Morgan fingerprint density at radius 1 is 1.17 bits per heavy atom. The van der Waals surface area contributed by atoms with E-state index in [1.807, 2.05) is 30.3 Å². The first-order valence-electron chi connectivity index (χ1n) is 8.06. The highest BCUT2D eigenvalue weighted by Gasteiger charge is 2.35. The van der Waals surface area contributed by atoms with Crippen LogP contribution in [0.1, 0.15) is 18.4 Å². The Morgan fingerprint density at radius 3 is 2.50 bits per heavy atom. The van der Waals surface area contributed by atoms with Gasteiger partial charge in [-0.05, 0) is 36.8 Å². The zero-order chi connectivity index (χ0) is 17.1. The van der Waals surface area contributed by atoms with Gasteiger partial charge >= 0.3 is 0 Å². The van der Waals surface area contributed by atoms with Crippen LogP contribution in [0.25, 0.3) is 0 Å². The molecule has 2 aromatic rings. The second kappa shape index (κ2) is 7.01. The molecular weight excluding hydrogens is 307 g/mol. The molecule has 0 aliphatic carbocycles. The van der Waals surface area contributed by atoms with Crippen LogP contribution in [0.3, 0.4) is 0 Å². The monoisotopic (exact) mass is 328 g/mol. The van der Waals surface area contributed by atoms with Crippen LogP contribution in [0.5, 0.6) is 5.75 Å². The van der Waals surface area contributed by atoms with Crippen molar-refractivity contribution in [2.45, 2.75) is 25.0 Å². The molecule has 4 nitrogen and oxygen atoms in total. The molecule has 0 bridgehead atoms. The van der Waals surface area contributed by atoms with Gasteiger partial charge in [0.25, 0.3) is 5.91 Å². The van der Waals surface area contributed by atoms with Gasteiger partial charge in [-0.2, -0.15) is 0 Å². The Kier molecular flexibility index (Phi) is 4.81. The van der Waals surface area contributed by atoms with Crippen LogP contribution in [0.2, 0.25) is 0 Å². The van der Waals surface area contributed by atoms with Crippen molar-refractivity contribution >= 4 is 5.91 Å². The van der Waals surface area contributed by atoms with Gasteiger partial charge in [-0.15, -0.1) is 0 Å². The Morgan fingerprint density at radius 2 is 1.83 bits per heavy atom. The van der Waals surface area contributed by atoms with Crippen molar-refractivity contribution in [3.05, 3.63) is 66.0 Å². The van der Waals surface area contributed by atoms with E-state index in [-0.39, 0.29) is 23.7 Å². The molecule has 1 heterocycles. The third-order valence-electron chi connectivity index (χ3n) is 4.38. The topological polar surface area (TPSA) is 55.6 Å². The molecule has 2 aromatic carbocycles. The molecule has 1 fully saturated rings. The van der Waals surface area contributed by atoms with Crippen molar-refractivity contribution in [3.63, 3.8) is 0 Å². The number of hydrogen-bond donors (Lipinski definition) is 1. The quantitative estimate of drug-likeness (QED) is 0.938. The second-order valence-corrected chi connectivity index (χ2v) is 6.14. The third kappa shape index (κ3) is 3.57. The molecule has 24 heavy (non-hydrogen) atoms. The predicted octanol–water partition coefficient (Wildman–Crippen LogP) is 2.55. The highest BCUT2D eigenvalue weighted by molar-refractivity contribution is 5.81. The van der Waals surface area contributed by atoms with Crippen LogP contribution in [-0.4, -0.2) is 36.0 Å². The van der Waals surface area contributed by atoms with Gasteiger partial charge in [0, 0.05) is 25.0 Å². The Bertz CT molecular complexity index is 690. The molecular formula is C19H21FN2O2. The summed E-state index contributed by atoms with van der Waals surface area (Å²) >= 11 is 0. The van der Waals surface area contributed by atoms with Gasteiger partial charge < -0.3 is 15.4 Å². The van der Waals surface area contributed by atoms with Crippen LogP contribution >= 0.6 is 0 Å². The van der Waals surface area contributed by atoms with E-state index < -0.39 is 6.10 Å². The van der Waals surface area contributed by atoms with E-state index in [9.17, 15) is 9.18 Å². The lowest BCUT2D eigenvalue weighted by atomic mass is 9.95. The molecule has 1 aliphatic rings. The number of nitrogens with zero attached hydrogens (tertiary/aromatic N) is 1. The lowest BCUT2D eigenvalue weighted by molar-refractivity contribution is -0.136. The minimum absolute atomic E-state index is 0.0885. The molecule has 0 saturated carbocycles. The average Bonchev–Trinajstić information content (AvgIpc) is 2.99. The fourth-order valence-electron chi connectivity index (χ4n) is 3.09. The molecule has 1 unspecified atom stereocenters. The van der Waals surface area contributed by atoms with E-state index in [0.29, 0.717) is 18.8 Å². The lowest BCUT2D eigenvalue weighted by Crippen LogP contribution is -2.40. The minimum atomic E-state index is -0.641. The van der Waals surface area contributed by atoms with Crippen molar-refractivity contribution in [1.29, 1.82) is 0 Å². The summed E-state index contributed by atoms with van der Waals surface area (Å²) in [5.74, 6) is 0.166. The number of carbonyl (C=O) groups is 1. The maximum absolute atomic E-state index is 12.9. The molecule has 3 rings (SSSR count).